The van der Waals surface area contributed by atoms with Crippen molar-refractivity contribution in [3.63, 3.8) is 0 Å². The molecule has 2 aromatic rings. The summed E-state index contributed by atoms with van der Waals surface area (Å²) in [6.45, 7) is 1.62. The maximum absolute atomic E-state index is 12.6. The molecule has 1 aliphatic heterocycles. The van der Waals surface area contributed by atoms with Crippen LogP contribution in [-0.4, -0.2) is 41.7 Å². The van der Waals surface area contributed by atoms with Gasteiger partial charge in [-0.1, -0.05) is 48.4 Å². The second kappa shape index (κ2) is 9.47. The van der Waals surface area contributed by atoms with Crippen LogP contribution in [-0.2, 0) is 14.2 Å². The van der Waals surface area contributed by atoms with Crippen molar-refractivity contribution >= 4 is 24.6 Å². The Labute approximate surface area is 172 Å². The van der Waals surface area contributed by atoms with Gasteiger partial charge >= 0.3 is 11.9 Å². The smallest absolute Gasteiger partial charge is 0.338 e. The van der Waals surface area contributed by atoms with E-state index in [0.29, 0.717) is 11.1 Å². The minimum atomic E-state index is -1.00. The van der Waals surface area contributed by atoms with Crippen molar-refractivity contribution in [2.75, 3.05) is 0 Å². The molecule has 0 amide bonds. The molecule has 0 N–H and O–H groups in total. The average Bonchev–Trinajstić information content (AvgIpc) is 3.05. The summed E-state index contributed by atoms with van der Waals surface area (Å²) in [5, 5.41) is 3.63. The highest BCUT2D eigenvalue weighted by Gasteiger charge is 2.50. The zero-order valence-corrected chi connectivity index (χ0v) is 16.4. The van der Waals surface area contributed by atoms with Crippen LogP contribution >= 0.6 is 12.6 Å². The molecular weight excluding hydrogens is 394 g/mol. The van der Waals surface area contributed by atoms with E-state index in [-0.39, 0.29) is 0 Å². The van der Waals surface area contributed by atoms with Crippen LogP contribution in [0.4, 0.5) is 0 Å². The predicted octanol–water partition coefficient (Wildman–Crippen LogP) is 3.79. The standard InChI is InChI=1S/C20H19N3O5S/c1-12(22-23-21)15-16(26-18(24)13-8-4-2-5-9-13)17(20(29)28-15)27-19(25)14-10-6-3-7-11-14/h2-12,15-17,20,29H,1H3/t12-,15-,16?,17?,20+/m1/s1. The molecule has 9 heteroatoms. The number of rotatable bonds is 6. The number of carbonyl (C=O) groups excluding carboxylic acids is 2. The topological polar surface area (TPSA) is 111 Å². The van der Waals surface area contributed by atoms with E-state index >= 15 is 0 Å². The van der Waals surface area contributed by atoms with Gasteiger partial charge in [0, 0.05) is 4.91 Å². The lowest BCUT2D eigenvalue weighted by Gasteiger charge is -2.25. The number of ether oxygens (including phenoxy) is 3. The van der Waals surface area contributed by atoms with E-state index in [1.807, 2.05) is 0 Å². The van der Waals surface area contributed by atoms with Gasteiger partial charge in [0.15, 0.2) is 12.2 Å². The van der Waals surface area contributed by atoms with Gasteiger partial charge in [-0.25, -0.2) is 9.59 Å². The van der Waals surface area contributed by atoms with Crippen LogP contribution in [0.5, 0.6) is 0 Å². The van der Waals surface area contributed by atoms with Crippen molar-refractivity contribution in [1.29, 1.82) is 0 Å². The minimum Gasteiger partial charge on any atom is -0.452 e. The number of hydrogen-bond acceptors (Lipinski definition) is 7. The third-order valence-corrected chi connectivity index (χ3v) is 4.86. The summed E-state index contributed by atoms with van der Waals surface area (Å²) < 4.78 is 16.9. The summed E-state index contributed by atoms with van der Waals surface area (Å²) in [6.07, 6.45) is -2.81. The van der Waals surface area contributed by atoms with E-state index < -0.39 is 41.7 Å². The second-order valence-corrected chi connectivity index (χ2v) is 6.92. The number of nitrogens with zero attached hydrogens (tertiary/aromatic N) is 3. The van der Waals surface area contributed by atoms with Crippen molar-refractivity contribution in [3.05, 3.63) is 82.2 Å². The molecule has 0 saturated carbocycles. The molecule has 0 spiro atoms. The largest absolute Gasteiger partial charge is 0.452 e. The Morgan fingerprint density at radius 1 is 1.00 bits per heavy atom. The SMILES string of the molecule is C[C@@H](N=[N+]=[N-])[C@H]1O[C@@H](S)C(OC(=O)c2ccccc2)C1OC(=O)c1ccccc1. The van der Waals surface area contributed by atoms with E-state index in [9.17, 15) is 9.59 Å². The summed E-state index contributed by atoms with van der Waals surface area (Å²) in [5.41, 5.74) is 8.57. The maximum atomic E-state index is 12.6. The van der Waals surface area contributed by atoms with Crippen LogP contribution in [0.1, 0.15) is 27.6 Å². The quantitative estimate of drug-likeness (QED) is 0.255. The number of benzene rings is 2. The summed E-state index contributed by atoms with van der Waals surface area (Å²) in [4.78, 5) is 27.9. The number of thiol groups is 1. The monoisotopic (exact) mass is 413 g/mol. The van der Waals surface area contributed by atoms with Gasteiger partial charge in [-0.05, 0) is 29.8 Å². The van der Waals surface area contributed by atoms with Crippen LogP contribution < -0.4 is 0 Å². The number of hydrogen-bond donors (Lipinski definition) is 1. The molecule has 1 saturated heterocycles. The highest BCUT2D eigenvalue weighted by molar-refractivity contribution is 7.80. The van der Waals surface area contributed by atoms with E-state index in [4.69, 9.17) is 19.7 Å². The number of esters is 2. The fourth-order valence-corrected chi connectivity index (χ4v) is 3.36. The predicted molar refractivity (Wildman–Crippen MR) is 108 cm³/mol. The van der Waals surface area contributed by atoms with E-state index in [1.165, 1.54) is 0 Å². The Balaban J connectivity index is 1.84. The van der Waals surface area contributed by atoms with Gasteiger partial charge in [0.1, 0.15) is 11.5 Å². The molecule has 1 fully saturated rings. The average molecular weight is 413 g/mol. The van der Waals surface area contributed by atoms with E-state index in [0.717, 1.165) is 0 Å². The minimum absolute atomic E-state index is 0.332. The molecule has 5 atom stereocenters. The third-order valence-electron chi connectivity index (χ3n) is 4.44. The Hall–Kier alpha value is -3.00. The fourth-order valence-electron chi connectivity index (χ4n) is 2.99. The molecule has 8 nitrogen and oxygen atoms in total. The normalized spacial score (nSPS) is 24.2. The van der Waals surface area contributed by atoms with Gasteiger partial charge in [-0.3, -0.25) is 0 Å². The van der Waals surface area contributed by atoms with Crippen molar-refractivity contribution < 1.29 is 23.8 Å². The molecular formula is C20H19N3O5S. The summed E-state index contributed by atoms with van der Waals surface area (Å²) in [5.74, 6) is -1.21. The van der Waals surface area contributed by atoms with Crippen LogP contribution in [0.2, 0.25) is 0 Å². The Morgan fingerprint density at radius 2 is 1.48 bits per heavy atom. The lowest BCUT2D eigenvalue weighted by Crippen LogP contribution is -2.42. The first kappa shape index (κ1) is 20.7. The number of carbonyl (C=O) groups is 2. The zero-order valence-electron chi connectivity index (χ0n) is 15.5. The van der Waals surface area contributed by atoms with Gasteiger partial charge < -0.3 is 14.2 Å². The van der Waals surface area contributed by atoms with Crippen molar-refractivity contribution in [1.82, 2.24) is 0 Å². The Kier molecular flexibility index (Phi) is 6.77. The van der Waals surface area contributed by atoms with E-state index in [2.05, 4.69) is 22.7 Å². The maximum Gasteiger partial charge on any atom is 0.338 e. The molecule has 29 heavy (non-hydrogen) atoms. The van der Waals surface area contributed by atoms with Crippen molar-refractivity contribution in [3.8, 4) is 0 Å². The van der Waals surface area contributed by atoms with Gasteiger partial charge in [0.2, 0.25) is 0 Å². The lowest BCUT2D eigenvalue weighted by atomic mass is 10.1. The first-order chi connectivity index (χ1) is 14.0. The van der Waals surface area contributed by atoms with Crippen LogP contribution in [0.25, 0.3) is 10.4 Å². The van der Waals surface area contributed by atoms with Gasteiger partial charge in [0.05, 0.1) is 17.2 Å². The molecule has 0 radical (unpaired) electrons. The van der Waals surface area contributed by atoms with Crippen LogP contribution in [0.3, 0.4) is 0 Å². The number of azide groups is 1. The Bertz CT molecular complexity index is 905. The lowest BCUT2D eigenvalue weighted by molar-refractivity contribution is -0.0321. The summed E-state index contributed by atoms with van der Waals surface area (Å²) in [6, 6.07) is 16.1. The van der Waals surface area contributed by atoms with Gasteiger partial charge in [-0.15, -0.1) is 12.6 Å². The first-order valence-corrected chi connectivity index (χ1v) is 9.42. The molecule has 2 aromatic carbocycles. The van der Waals surface area contributed by atoms with Gasteiger partial charge in [0.25, 0.3) is 0 Å². The third kappa shape index (κ3) is 4.89. The zero-order chi connectivity index (χ0) is 20.8. The highest BCUT2D eigenvalue weighted by Crippen LogP contribution is 2.33. The van der Waals surface area contributed by atoms with Crippen LogP contribution in [0, 0.1) is 0 Å². The van der Waals surface area contributed by atoms with Gasteiger partial charge in [-0.2, -0.15) is 0 Å². The fraction of sp³-hybridized carbons (Fsp3) is 0.300. The van der Waals surface area contributed by atoms with E-state index in [1.54, 1.807) is 67.6 Å². The molecule has 2 unspecified atom stereocenters. The second-order valence-electron chi connectivity index (χ2n) is 6.41. The molecule has 3 rings (SSSR count). The molecule has 1 aliphatic rings. The molecule has 0 bridgehead atoms. The summed E-state index contributed by atoms with van der Waals surface area (Å²) >= 11 is 4.34. The van der Waals surface area contributed by atoms with Crippen molar-refractivity contribution in [2.45, 2.75) is 36.7 Å². The molecule has 0 aromatic heterocycles. The van der Waals surface area contributed by atoms with Crippen LogP contribution in [0.15, 0.2) is 65.8 Å². The highest BCUT2D eigenvalue weighted by atomic mass is 32.1. The molecule has 1 heterocycles. The summed E-state index contributed by atoms with van der Waals surface area (Å²) in [7, 11) is 0. The molecule has 0 aliphatic carbocycles. The molecule has 150 valence electrons. The first-order valence-electron chi connectivity index (χ1n) is 8.91. The Morgan fingerprint density at radius 3 is 1.97 bits per heavy atom. The van der Waals surface area contributed by atoms with Crippen molar-refractivity contribution in [2.24, 2.45) is 5.11 Å².